The van der Waals surface area contributed by atoms with E-state index in [0.717, 1.165) is 44.7 Å². The number of carbonyl (C=O) groups excluding carboxylic acids is 1. The van der Waals surface area contributed by atoms with E-state index in [2.05, 4.69) is 27.3 Å². The molecule has 1 aromatic carbocycles. The fourth-order valence-corrected chi connectivity index (χ4v) is 3.06. The topological polar surface area (TPSA) is 58.1 Å². The van der Waals surface area contributed by atoms with Crippen LogP contribution in [-0.2, 0) is 4.79 Å². The van der Waals surface area contributed by atoms with E-state index in [9.17, 15) is 9.18 Å². The van der Waals surface area contributed by atoms with E-state index in [1.54, 1.807) is 6.07 Å². The van der Waals surface area contributed by atoms with Gasteiger partial charge >= 0.3 is 0 Å². The van der Waals surface area contributed by atoms with Crippen molar-refractivity contribution >= 4 is 11.7 Å². The smallest absolute Gasteiger partial charge is 0.223 e. The minimum atomic E-state index is -0.285. The maximum atomic E-state index is 13.3. The molecule has 0 unspecified atom stereocenters. The van der Waals surface area contributed by atoms with E-state index in [0.29, 0.717) is 11.3 Å². The van der Waals surface area contributed by atoms with Gasteiger partial charge in [-0.15, -0.1) is 10.2 Å². The van der Waals surface area contributed by atoms with Crippen LogP contribution in [0.15, 0.2) is 36.4 Å². The molecule has 0 aliphatic carbocycles. The summed E-state index contributed by atoms with van der Waals surface area (Å²) < 4.78 is 13.3. The van der Waals surface area contributed by atoms with E-state index in [4.69, 9.17) is 0 Å². The highest BCUT2D eigenvalue weighted by molar-refractivity contribution is 5.78. The molecule has 1 aliphatic rings. The molecule has 25 heavy (non-hydrogen) atoms. The zero-order chi connectivity index (χ0) is 17.6. The van der Waals surface area contributed by atoms with Gasteiger partial charge in [0.2, 0.25) is 5.91 Å². The molecule has 132 valence electrons. The number of hydrogen-bond acceptors (Lipinski definition) is 4. The average Bonchev–Trinajstić information content (AvgIpc) is 2.66. The van der Waals surface area contributed by atoms with Gasteiger partial charge in [0.25, 0.3) is 0 Å². The molecule has 2 aromatic rings. The summed E-state index contributed by atoms with van der Waals surface area (Å²) in [6.07, 6.45) is 2.60. The summed E-state index contributed by atoms with van der Waals surface area (Å²) in [7, 11) is 0. The lowest BCUT2D eigenvalue weighted by molar-refractivity contribution is -0.125. The van der Waals surface area contributed by atoms with Crippen molar-refractivity contribution in [1.82, 2.24) is 15.5 Å². The minimum absolute atomic E-state index is 0.0855. The van der Waals surface area contributed by atoms with Crippen LogP contribution in [0.5, 0.6) is 0 Å². The van der Waals surface area contributed by atoms with Gasteiger partial charge in [-0.3, -0.25) is 4.79 Å². The predicted molar refractivity (Wildman–Crippen MR) is 95.7 cm³/mol. The Morgan fingerprint density at radius 3 is 2.68 bits per heavy atom. The Labute approximate surface area is 147 Å². The number of rotatable bonds is 5. The summed E-state index contributed by atoms with van der Waals surface area (Å²) in [6, 6.07) is 10.1. The Bertz CT molecular complexity index is 712. The lowest BCUT2D eigenvalue weighted by atomic mass is 9.96. The lowest BCUT2D eigenvalue weighted by Crippen LogP contribution is -2.41. The van der Waals surface area contributed by atoms with Gasteiger partial charge in [0.15, 0.2) is 5.82 Å². The van der Waals surface area contributed by atoms with E-state index < -0.39 is 0 Å². The second kappa shape index (κ2) is 8.05. The van der Waals surface area contributed by atoms with Crippen LogP contribution in [0, 0.1) is 11.7 Å². The summed E-state index contributed by atoms with van der Waals surface area (Å²) in [5.41, 5.74) is 1.36. The largest absolute Gasteiger partial charge is 0.356 e. The highest BCUT2D eigenvalue weighted by Gasteiger charge is 2.25. The van der Waals surface area contributed by atoms with Crippen molar-refractivity contribution in [2.75, 3.05) is 24.5 Å². The molecular formula is C19H23FN4O. The van der Waals surface area contributed by atoms with Crippen molar-refractivity contribution in [2.24, 2.45) is 5.92 Å². The SMILES string of the molecule is CCCNC(=O)C1CCN(c2ccc(-c3cccc(F)c3)nn2)CC1. The third-order valence-corrected chi connectivity index (χ3v) is 4.51. The first kappa shape index (κ1) is 17.3. The molecule has 6 heteroatoms. The number of nitrogens with one attached hydrogen (secondary N) is 1. The summed E-state index contributed by atoms with van der Waals surface area (Å²) >= 11 is 0. The van der Waals surface area contributed by atoms with Crippen LogP contribution in [0.3, 0.4) is 0 Å². The molecule has 1 fully saturated rings. The summed E-state index contributed by atoms with van der Waals surface area (Å²) in [5, 5.41) is 11.5. The highest BCUT2D eigenvalue weighted by Crippen LogP contribution is 2.23. The molecule has 5 nitrogen and oxygen atoms in total. The van der Waals surface area contributed by atoms with Crippen molar-refractivity contribution in [3.8, 4) is 11.3 Å². The minimum Gasteiger partial charge on any atom is -0.356 e. The molecule has 1 aliphatic heterocycles. The molecule has 1 saturated heterocycles. The second-order valence-corrected chi connectivity index (χ2v) is 6.34. The quantitative estimate of drug-likeness (QED) is 0.907. The monoisotopic (exact) mass is 342 g/mol. The number of amides is 1. The van der Waals surface area contributed by atoms with Gasteiger partial charge in [-0.05, 0) is 43.5 Å². The lowest BCUT2D eigenvalue weighted by Gasteiger charge is -2.31. The first-order valence-electron chi connectivity index (χ1n) is 8.79. The summed E-state index contributed by atoms with van der Waals surface area (Å²) in [4.78, 5) is 14.2. The molecular weight excluding hydrogens is 319 g/mol. The highest BCUT2D eigenvalue weighted by atomic mass is 19.1. The van der Waals surface area contributed by atoms with Crippen LogP contribution in [0.4, 0.5) is 10.2 Å². The van der Waals surface area contributed by atoms with Gasteiger partial charge in [-0.1, -0.05) is 19.1 Å². The number of piperidine rings is 1. The van der Waals surface area contributed by atoms with Gasteiger partial charge < -0.3 is 10.2 Å². The molecule has 0 spiro atoms. The summed E-state index contributed by atoms with van der Waals surface area (Å²) in [5.74, 6) is 0.760. The Morgan fingerprint density at radius 2 is 2.04 bits per heavy atom. The fourth-order valence-electron chi connectivity index (χ4n) is 3.06. The Hall–Kier alpha value is -2.50. The molecule has 0 atom stereocenters. The molecule has 1 amide bonds. The molecule has 2 heterocycles. The van der Waals surface area contributed by atoms with Crippen LogP contribution < -0.4 is 10.2 Å². The van der Waals surface area contributed by atoms with Gasteiger partial charge in [0, 0.05) is 31.1 Å². The van der Waals surface area contributed by atoms with Gasteiger partial charge in [-0.2, -0.15) is 0 Å². The first-order chi connectivity index (χ1) is 12.2. The van der Waals surface area contributed by atoms with Gasteiger partial charge in [0.05, 0.1) is 5.69 Å². The van der Waals surface area contributed by atoms with Gasteiger partial charge in [-0.25, -0.2) is 4.39 Å². The zero-order valence-electron chi connectivity index (χ0n) is 14.4. The van der Waals surface area contributed by atoms with E-state index in [1.807, 2.05) is 18.2 Å². The van der Waals surface area contributed by atoms with Crippen LogP contribution >= 0.6 is 0 Å². The first-order valence-corrected chi connectivity index (χ1v) is 8.79. The maximum Gasteiger partial charge on any atom is 0.223 e. The van der Waals surface area contributed by atoms with E-state index in [1.165, 1.54) is 12.1 Å². The van der Waals surface area contributed by atoms with Crippen LogP contribution in [0.1, 0.15) is 26.2 Å². The number of nitrogens with zero attached hydrogens (tertiary/aromatic N) is 3. The van der Waals surface area contributed by atoms with Crippen LogP contribution in [0.2, 0.25) is 0 Å². The standard InChI is InChI=1S/C19H23FN4O/c1-2-10-21-19(25)14-8-11-24(12-9-14)18-7-6-17(22-23-18)15-4-3-5-16(20)13-15/h3-7,13-14H,2,8-12H2,1H3,(H,21,25). The van der Waals surface area contributed by atoms with Crippen molar-refractivity contribution in [2.45, 2.75) is 26.2 Å². The fraction of sp³-hybridized carbons (Fsp3) is 0.421. The number of carbonyl (C=O) groups is 1. The maximum absolute atomic E-state index is 13.3. The predicted octanol–water partition coefficient (Wildman–Crippen LogP) is 3.03. The molecule has 1 N–H and O–H groups in total. The van der Waals surface area contributed by atoms with Crippen LogP contribution in [0.25, 0.3) is 11.3 Å². The Balaban J connectivity index is 1.60. The number of anilines is 1. The van der Waals surface area contributed by atoms with E-state index >= 15 is 0 Å². The molecule has 0 radical (unpaired) electrons. The third-order valence-electron chi connectivity index (χ3n) is 4.51. The molecule has 0 saturated carbocycles. The Morgan fingerprint density at radius 1 is 1.24 bits per heavy atom. The summed E-state index contributed by atoms with van der Waals surface area (Å²) in [6.45, 7) is 4.37. The molecule has 3 rings (SSSR count). The molecule has 1 aromatic heterocycles. The Kier molecular flexibility index (Phi) is 5.58. The number of hydrogen-bond donors (Lipinski definition) is 1. The van der Waals surface area contributed by atoms with Crippen molar-refractivity contribution < 1.29 is 9.18 Å². The second-order valence-electron chi connectivity index (χ2n) is 6.34. The number of aromatic nitrogens is 2. The van der Waals surface area contributed by atoms with Crippen molar-refractivity contribution in [3.63, 3.8) is 0 Å². The normalized spacial score (nSPS) is 15.2. The van der Waals surface area contributed by atoms with Crippen molar-refractivity contribution in [3.05, 3.63) is 42.2 Å². The van der Waals surface area contributed by atoms with Crippen molar-refractivity contribution in [1.29, 1.82) is 0 Å². The average molecular weight is 342 g/mol. The molecule has 0 bridgehead atoms. The number of benzene rings is 1. The third kappa shape index (κ3) is 4.32. The zero-order valence-corrected chi connectivity index (χ0v) is 14.4. The van der Waals surface area contributed by atoms with E-state index in [-0.39, 0.29) is 17.6 Å². The van der Waals surface area contributed by atoms with Gasteiger partial charge in [0.1, 0.15) is 5.82 Å². The van der Waals surface area contributed by atoms with Crippen LogP contribution in [-0.4, -0.2) is 35.7 Å². The number of halogens is 1.